The molecule has 0 fully saturated rings. The van der Waals surface area contributed by atoms with E-state index in [1.807, 2.05) is 0 Å². The number of carbonyl (C=O) groups excluding carboxylic acids is 2. The zero-order valence-electron chi connectivity index (χ0n) is 21.4. The molecule has 0 aliphatic heterocycles. The lowest BCUT2D eigenvalue weighted by Crippen LogP contribution is -2.35. The van der Waals surface area contributed by atoms with E-state index in [-0.39, 0.29) is 47.8 Å². The molecule has 0 amide bonds. The molecule has 8 heteroatoms. The van der Waals surface area contributed by atoms with Crippen molar-refractivity contribution in [2.24, 2.45) is 5.92 Å². The predicted molar refractivity (Wildman–Crippen MR) is 142 cm³/mol. The first-order valence-electron chi connectivity index (χ1n) is 13.5. The zero-order valence-corrected chi connectivity index (χ0v) is 22.2. The Kier molecular flexibility index (Phi) is 6.77. The van der Waals surface area contributed by atoms with Gasteiger partial charge in [0.1, 0.15) is 15.9 Å². The van der Waals surface area contributed by atoms with Crippen molar-refractivity contribution in [2.45, 2.75) is 61.7 Å². The number of hydrogen-bond acceptors (Lipinski definition) is 7. The summed E-state index contributed by atoms with van der Waals surface area (Å²) in [4.78, 5) is 24.9. The van der Waals surface area contributed by atoms with E-state index < -0.39 is 22.1 Å². The van der Waals surface area contributed by atoms with Gasteiger partial charge in [0.15, 0.2) is 0 Å². The second-order valence-electron chi connectivity index (χ2n) is 10.6. The molecule has 2 bridgehead atoms. The molecule has 0 radical (unpaired) electrons. The van der Waals surface area contributed by atoms with Gasteiger partial charge in [0.2, 0.25) is 0 Å². The molecular formula is C31H29O7S-. The van der Waals surface area contributed by atoms with E-state index in [4.69, 9.17) is 9.47 Å². The third-order valence-corrected chi connectivity index (χ3v) is 9.28. The van der Waals surface area contributed by atoms with Crippen molar-refractivity contribution in [2.75, 3.05) is 6.61 Å². The van der Waals surface area contributed by atoms with Gasteiger partial charge in [-0.2, -0.15) is 0 Å². The van der Waals surface area contributed by atoms with Crippen LogP contribution < -0.4 is 4.74 Å². The first-order chi connectivity index (χ1) is 18.8. The average Bonchev–Trinajstić information content (AvgIpc) is 2.94. The molecule has 0 saturated carbocycles. The summed E-state index contributed by atoms with van der Waals surface area (Å²) in [5.74, 6) is -0.173. The lowest BCUT2D eigenvalue weighted by atomic mass is 9.59. The first-order valence-corrected chi connectivity index (χ1v) is 14.9. The summed E-state index contributed by atoms with van der Waals surface area (Å²) in [5, 5.41) is 0. The van der Waals surface area contributed by atoms with Gasteiger partial charge in [-0.3, -0.25) is 9.59 Å². The van der Waals surface area contributed by atoms with Gasteiger partial charge in [0.25, 0.3) is 0 Å². The van der Waals surface area contributed by atoms with Gasteiger partial charge in [0.05, 0.1) is 24.3 Å². The van der Waals surface area contributed by atoms with Crippen molar-refractivity contribution in [1.82, 2.24) is 0 Å². The highest BCUT2D eigenvalue weighted by atomic mass is 32.2. The van der Waals surface area contributed by atoms with Crippen molar-refractivity contribution in [3.8, 4) is 5.75 Å². The Morgan fingerprint density at radius 2 is 1.38 bits per heavy atom. The molecule has 4 aliphatic carbocycles. The molecule has 39 heavy (non-hydrogen) atoms. The normalized spacial score (nSPS) is 20.9. The van der Waals surface area contributed by atoms with Gasteiger partial charge in [-0.05, 0) is 77.6 Å². The molecular weight excluding hydrogens is 516 g/mol. The summed E-state index contributed by atoms with van der Waals surface area (Å²) in [5.41, 5.74) is 6.34. The maximum absolute atomic E-state index is 12.6. The predicted octanol–water partition coefficient (Wildman–Crippen LogP) is 5.00. The SMILES string of the molecule is O=C(CCC(=O)Oc1ccc(S(=O)(=O)[O-])c2c1CCCC2)OCC1CC2c3ccccc3C1c1ccccc12. The summed E-state index contributed by atoms with van der Waals surface area (Å²) in [6.45, 7) is 0.288. The van der Waals surface area contributed by atoms with Crippen molar-refractivity contribution in [3.63, 3.8) is 0 Å². The molecule has 3 aromatic carbocycles. The summed E-state index contributed by atoms with van der Waals surface area (Å²) >= 11 is 0. The number of hydrogen-bond donors (Lipinski definition) is 0. The Morgan fingerprint density at radius 1 is 0.795 bits per heavy atom. The van der Waals surface area contributed by atoms with Crippen LogP contribution in [0.2, 0.25) is 0 Å². The van der Waals surface area contributed by atoms with E-state index in [2.05, 4.69) is 48.5 Å². The number of carbonyl (C=O) groups is 2. The Morgan fingerprint density at radius 3 is 2.03 bits per heavy atom. The van der Waals surface area contributed by atoms with Crippen LogP contribution in [0.4, 0.5) is 0 Å². The van der Waals surface area contributed by atoms with Gasteiger partial charge >= 0.3 is 11.9 Å². The van der Waals surface area contributed by atoms with E-state index in [1.54, 1.807) is 0 Å². The molecule has 1 atom stereocenters. The number of fused-ring (bicyclic) bond motifs is 2. The minimum atomic E-state index is -4.61. The fourth-order valence-electron chi connectivity index (χ4n) is 6.70. The van der Waals surface area contributed by atoms with Crippen LogP contribution in [-0.4, -0.2) is 31.5 Å². The topological polar surface area (TPSA) is 110 Å². The van der Waals surface area contributed by atoms with Crippen LogP contribution in [0.5, 0.6) is 5.75 Å². The third kappa shape index (κ3) is 4.87. The molecule has 0 spiro atoms. The van der Waals surface area contributed by atoms with E-state index >= 15 is 0 Å². The molecule has 0 heterocycles. The molecule has 1 unspecified atom stereocenters. The van der Waals surface area contributed by atoms with Crippen LogP contribution in [0.1, 0.15) is 77.3 Å². The second-order valence-corrected chi connectivity index (χ2v) is 12.0. The zero-order chi connectivity index (χ0) is 27.1. The Balaban J connectivity index is 1.07. The van der Waals surface area contributed by atoms with Gasteiger partial charge in [-0.15, -0.1) is 0 Å². The largest absolute Gasteiger partial charge is 0.744 e. The van der Waals surface area contributed by atoms with Crippen LogP contribution in [0, 0.1) is 5.92 Å². The van der Waals surface area contributed by atoms with Crippen molar-refractivity contribution >= 4 is 22.1 Å². The van der Waals surface area contributed by atoms with Crippen LogP contribution >= 0.6 is 0 Å². The second kappa shape index (κ2) is 10.2. The van der Waals surface area contributed by atoms with Crippen LogP contribution in [0.15, 0.2) is 65.6 Å². The molecule has 0 N–H and O–H groups in total. The maximum atomic E-state index is 12.6. The monoisotopic (exact) mass is 545 g/mol. The summed E-state index contributed by atoms with van der Waals surface area (Å²) in [6.07, 6.45) is 3.19. The van der Waals surface area contributed by atoms with Crippen LogP contribution in [-0.2, 0) is 37.3 Å². The van der Waals surface area contributed by atoms with Gasteiger partial charge in [-0.1, -0.05) is 48.5 Å². The van der Waals surface area contributed by atoms with E-state index in [1.165, 1.54) is 34.4 Å². The van der Waals surface area contributed by atoms with Crippen molar-refractivity contribution < 1.29 is 32.0 Å². The van der Waals surface area contributed by atoms with Crippen molar-refractivity contribution in [3.05, 3.63) is 94.0 Å². The lowest BCUT2D eigenvalue weighted by molar-refractivity contribution is -0.148. The standard InChI is InChI=1S/C31H30O7S/c32-29(15-16-30(33)38-27-13-14-28(39(34,35)36)23-10-4-3-9-22(23)27)37-18-19-17-26-20-7-1-5-11-24(20)31(19)25-12-6-2-8-21(25)26/h1-2,5-8,11-14,19,26,31H,3-4,9-10,15-18H2,(H,34,35,36)/p-1. The Bertz CT molecular complexity index is 1510. The maximum Gasteiger partial charge on any atom is 0.311 e. The fraction of sp³-hybridized carbons (Fsp3) is 0.355. The van der Waals surface area contributed by atoms with Crippen LogP contribution in [0.25, 0.3) is 0 Å². The molecule has 3 aromatic rings. The summed E-state index contributed by atoms with van der Waals surface area (Å²) in [6, 6.07) is 19.6. The van der Waals surface area contributed by atoms with E-state index in [0.717, 1.165) is 19.3 Å². The fourth-order valence-corrected chi connectivity index (χ4v) is 7.47. The highest BCUT2D eigenvalue weighted by Crippen LogP contribution is 2.55. The molecule has 0 saturated heterocycles. The molecule has 7 rings (SSSR count). The Hall–Kier alpha value is -3.49. The molecule has 4 aliphatic rings. The smallest absolute Gasteiger partial charge is 0.311 e. The highest BCUT2D eigenvalue weighted by molar-refractivity contribution is 7.85. The van der Waals surface area contributed by atoms with Gasteiger partial charge in [-0.25, -0.2) is 8.42 Å². The highest BCUT2D eigenvalue weighted by Gasteiger charge is 2.43. The third-order valence-electron chi connectivity index (χ3n) is 8.36. The first kappa shape index (κ1) is 25.8. The minimum Gasteiger partial charge on any atom is -0.744 e. The van der Waals surface area contributed by atoms with Crippen LogP contribution in [0.3, 0.4) is 0 Å². The summed E-state index contributed by atoms with van der Waals surface area (Å²) in [7, 11) is -4.61. The average molecular weight is 546 g/mol. The van der Waals surface area contributed by atoms with E-state index in [0.29, 0.717) is 24.0 Å². The Labute approximate surface area is 227 Å². The van der Waals surface area contributed by atoms with E-state index in [9.17, 15) is 22.6 Å². The lowest BCUT2D eigenvalue weighted by Gasteiger charge is -2.45. The molecule has 202 valence electrons. The summed E-state index contributed by atoms with van der Waals surface area (Å²) < 4.78 is 46.1. The number of ether oxygens (including phenoxy) is 2. The number of rotatable bonds is 7. The molecule has 0 aromatic heterocycles. The quantitative estimate of drug-likeness (QED) is 0.234. The van der Waals surface area contributed by atoms with Gasteiger partial charge < -0.3 is 14.0 Å². The number of benzene rings is 3. The van der Waals surface area contributed by atoms with Gasteiger partial charge in [0, 0.05) is 17.8 Å². The molecule has 7 nitrogen and oxygen atoms in total. The number of esters is 2. The minimum absolute atomic E-state index is 0.109. The van der Waals surface area contributed by atoms with Crippen molar-refractivity contribution in [1.29, 1.82) is 0 Å².